The van der Waals surface area contributed by atoms with Crippen molar-refractivity contribution in [2.75, 3.05) is 25.5 Å². The Morgan fingerprint density at radius 1 is 1.56 bits per heavy atom. The van der Waals surface area contributed by atoms with Crippen molar-refractivity contribution in [2.45, 2.75) is 25.3 Å². The van der Waals surface area contributed by atoms with Crippen molar-refractivity contribution < 1.29 is 0 Å². The number of nitrogens with one attached hydrogen (secondary N) is 1. The Morgan fingerprint density at radius 2 is 2.44 bits per heavy atom. The van der Waals surface area contributed by atoms with Crippen LogP contribution < -0.4 is 5.32 Å². The third-order valence-electron chi connectivity index (χ3n) is 3.22. The van der Waals surface area contributed by atoms with Gasteiger partial charge in [-0.3, -0.25) is 4.98 Å². The Balaban J connectivity index is 1.89. The maximum atomic E-state index is 4.06. The number of halogens is 1. The fraction of sp³-hybridized carbons (Fsp3) is 0.583. The fourth-order valence-corrected chi connectivity index (χ4v) is 2.54. The van der Waals surface area contributed by atoms with Gasteiger partial charge in [0.15, 0.2) is 0 Å². The first-order valence-corrected chi connectivity index (χ1v) is 6.60. The molecule has 1 fully saturated rings. The van der Waals surface area contributed by atoms with Gasteiger partial charge in [0.1, 0.15) is 0 Å². The molecule has 2 heterocycles. The van der Waals surface area contributed by atoms with Crippen LogP contribution in [0.4, 0.5) is 5.69 Å². The van der Waals surface area contributed by atoms with Crippen molar-refractivity contribution in [3.63, 3.8) is 0 Å². The number of likely N-dealkylation sites (tertiary alicyclic amines) is 1. The number of hydrogen-bond acceptors (Lipinski definition) is 3. The normalized spacial score (nSPS) is 22.0. The number of aromatic nitrogens is 1. The van der Waals surface area contributed by atoms with Gasteiger partial charge in [-0.2, -0.15) is 0 Å². The van der Waals surface area contributed by atoms with E-state index in [1.54, 1.807) is 0 Å². The van der Waals surface area contributed by atoms with Crippen molar-refractivity contribution in [2.24, 2.45) is 0 Å². The molecule has 3 nitrogen and oxygen atoms in total. The van der Waals surface area contributed by atoms with Gasteiger partial charge in [-0.05, 0) is 48.4 Å². The van der Waals surface area contributed by atoms with E-state index in [9.17, 15) is 0 Å². The molecule has 1 saturated heterocycles. The highest BCUT2D eigenvalue weighted by atomic mass is 79.9. The molecule has 1 unspecified atom stereocenters. The molecular formula is C12H18BrN3. The number of pyridine rings is 1. The highest BCUT2D eigenvalue weighted by Crippen LogP contribution is 2.21. The second-order valence-electron chi connectivity index (χ2n) is 4.37. The van der Waals surface area contributed by atoms with Crippen LogP contribution in [0.3, 0.4) is 0 Å². The molecule has 1 atom stereocenters. The summed E-state index contributed by atoms with van der Waals surface area (Å²) < 4.78 is 1.04. The second-order valence-corrected chi connectivity index (χ2v) is 5.22. The molecule has 88 valence electrons. The Labute approximate surface area is 105 Å². The topological polar surface area (TPSA) is 28.2 Å². The smallest absolute Gasteiger partial charge is 0.0590 e. The van der Waals surface area contributed by atoms with Crippen molar-refractivity contribution >= 4 is 21.6 Å². The summed E-state index contributed by atoms with van der Waals surface area (Å²) >= 11 is 3.50. The molecule has 1 aromatic heterocycles. The van der Waals surface area contributed by atoms with Crippen LogP contribution in [0.15, 0.2) is 22.9 Å². The average Bonchev–Trinajstić information content (AvgIpc) is 2.30. The molecule has 1 N–H and O–H groups in total. The third kappa shape index (κ3) is 2.95. The molecule has 0 bridgehead atoms. The minimum absolute atomic E-state index is 0.661. The van der Waals surface area contributed by atoms with Gasteiger partial charge in [0.2, 0.25) is 0 Å². The lowest BCUT2D eigenvalue weighted by Crippen LogP contribution is -2.40. The van der Waals surface area contributed by atoms with Crippen LogP contribution in [0.2, 0.25) is 0 Å². The Hall–Kier alpha value is -0.610. The monoisotopic (exact) mass is 283 g/mol. The summed E-state index contributed by atoms with van der Waals surface area (Å²) in [5, 5.41) is 3.48. The molecule has 0 aliphatic carbocycles. The van der Waals surface area contributed by atoms with E-state index in [2.05, 4.69) is 38.2 Å². The number of piperidine rings is 1. The van der Waals surface area contributed by atoms with E-state index in [1.807, 2.05) is 18.5 Å². The largest absolute Gasteiger partial charge is 0.382 e. The first-order chi connectivity index (χ1) is 7.77. The summed E-state index contributed by atoms with van der Waals surface area (Å²) in [4.78, 5) is 6.51. The molecule has 1 aliphatic rings. The molecule has 0 radical (unpaired) electrons. The van der Waals surface area contributed by atoms with Crippen LogP contribution in [0.25, 0.3) is 0 Å². The van der Waals surface area contributed by atoms with Gasteiger partial charge in [0, 0.05) is 25.0 Å². The summed E-state index contributed by atoms with van der Waals surface area (Å²) in [7, 11) is 2.22. The van der Waals surface area contributed by atoms with Crippen LogP contribution >= 0.6 is 15.9 Å². The first-order valence-electron chi connectivity index (χ1n) is 5.81. The third-order valence-corrected chi connectivity index (χ3v) is 3.85. The minimum atomic E-state index is 0.661. The van der Waals surface area contributed by atoms with Gasteiger partial charge in [0.25, 0.3) is 0 Å². The quantitative estimate of drug-likeness (QED) is 0.925. The lowest BCUT2D eigenvalue weighted by atomic mass is 10.0. The SMILES string of the molecule is CN1CCCCC1CNc1ccncc1Br. The van der Waals surface area contributed by atoms with E-state index in [1.165, 1.54) is 25.8 Å². The zero-order chi connectivity index (χ0) is 11.4. The lowest BCUT2D eigenvalue weighted by Gasteiger charge is -2.32. The molecule has 1 aromatic rings. The van der Waals surface area contributed by atoms with Gasteiger partial charge in [-0.25, -0.2) is 0 Å². The van der Waals surface area contributed by atoms with Gasteiger partial charge < -0.3 is 10.2 Å². The number of hydrogen-bond donors (Lipinski definition) is 1. The Bertz CT molecular complexity index is 343. The van der Waals surface area contributed by atoms with Crippen LogP contribution in [0.5, 0.6) is 0 Å². The predicted octanol–water partition coefficient (Wildman–Crippen LogP) is 2.74. The van der Waals surface area contributed by atoms with E-state index >= 15 is 0 Å². The summed E-state index contributed by atoms with van der Waals surface area (Å²) in [5.74, 6) is 0. The predicted molar refractivity (Wildman–Crippen MR) is 70.7 cm³/mol. The van der Waals surface area contributed by atoms with Gasteiger partial charge in [-0.1, -0.05) is 6.42 Å². The van der Waals surface area contributed by atoms with Crippen molar-refractivity contribution in [3.8, 4) is 0 Å². The van der Waals surface area contributed by atoms with Crippen molar-refractivity contribution in [1.82, 2.24) is 9.88 Å². The van der Waals surface area contributed by atoms with E-state index in [0.717, 1.165) is 16.7 Å². The summed E-state index contributed by atoms with van der Waals surface area (Å²) in [6, 6.07) is 2.67. The van der Waals surface area contributed by atoms with Crippen LogP contribution in [-0.4, -0.2) is 36.1 Å². The first kappa shape index (κ1) is 11.9. The minimum Gasteiger partial charge on any atom is -0.382 e. The molecule has 0 aromatic carbocycles. The molecule has 1 aliphatic heterocycles. The van der Waals surface area contributed by atoms with Crippen LogP contribution in [0.1, 0.15) is 19.3 Å². The number of nitrogens with zero attached hydrogens (tertiary/aromatic N) is 2. The molecule has 4 heteroatoms. The zero-order valence-electron chi connectivity index (χ0n) is 9.62. The lowest BCUT2D eigenvalue weighted by molar-refractivity contribution is 0.194. The zero-order valence-corrected chi connectivity index (χ0v) is 11.2. The second kappa shape index (κ2) is 5.64. The highest BCUT2D eigenvalue weighted by Gasteiger charge is 2.18. The number of anilines is 1. The molecule has 0 saturated carbocycles. The van der Waals surface area contributed by atoms with E-state index in [4.69, 9.17) is 0 Å². The Kier molecular flexibility index (Phi) is 4.18. The van der Waals surface area contributed by atoms with Crippen LogP contribution in [0, 0.1) is 0 Å². The number of likely N-dealkylation sites (N-methyl/N-ethyl adjacent to an activating group) is 1. The van der Waals surface area contributed by atoms with E-state index in [-0.39, 0.29) is 0 Å². The maximum absolute atomic E-state index is 4.06. The summed E-state index contributed by atoms with van der Waals surface area (Å²) in [5.41, 5.74) is 1.13. The molecule has 2 rings (SSSR count). The van der Waals surface area contributed by atoms with Crippen molar-refractivity contribution in [1.29, 1.82) is 0 Å². The van der Waals surface area contributed by atoms with Crippen molar-refractivity contribution in [3.05, 3.63) is 22.9 Å². The maximum Gasteiger partial charge on any atom is 0.0590 e. The summed E-state index contributed by atoms with van der Waals surface area (Å²) in [6.07, 6.45) is 7.64. The molecular weight excluding hydrogens is 266 g/mol. The standard InChI is InChI=1S/C12H18BrN3/c1-16-7-3-2-4-10(16)8-15-12-5-6-14-9-11(12)13/h5-6,9-10H,2-4,7-8H2,1H3,(H,14,15). The number of rotatable bonds is 3. The van der Waals surface area contributed by atoms with Gasteiger partial charge in [0.05, 0.1) is 10.2 Å². The van der Waals surface area contributed by atoms with E-state index < -0.39 is 0 Å². The molecule has 0 amide bonds. The highest BCUT2D eigenvalue weighted by molar-refractivity contribution is 9.10. The van der Waals surface area contributed by atoms with E-state index in [0.29, 0.717) is 6.04 Å². The Morgan fingerprint density at radius 3 is 3.19 bits per heavy atom. The average molecular weight is 284 g/mol. The fourth-order valence-electron chi connectivity index (χ4n) is 2.15. The van der Waals surface area contributed by atoms with Crippen LogP contribution in [-0.2, 0) is 0 Å². The molecule has 16 heavy (non-hydrogen) atoms. The summed E-state index contributed by atoms with van der Waals surface area (Å²) in [6.45, 7) is 2.24. The molecule has 0 spiro atoms. The van der Waals surface area contributed by atoms with Gasteiger partial charge in [-0.15, -0.1) is 0 Å². The van der Waals surface area contributed by atoms with Gasteiger partial charge >= 0.3 is 0 Å².